The molecule has 14 rings (SSSR count). The summed E-state index contributed by atoms with van der Waals surface area (Å²) in [5.74, 6) is -2.95. The summed E-state index contributed by atoms with van der Waals surface area (Å²) in [6, 6.07) is 67.6. The van der Waals surface area contributed by atoms with Gasteiger partial charge < -0.3 is 52.2 Å². The van der Waals surface area contributed by atoms with Crippen molar-refractivity contribution in [2.75, 3.05) is 46.0 Å². The fraction of sp³-hybridized carbons (Fsp3) is 0.106. The van der Waals surface area contributed by atoms with Gasteiger partial charge in [0.05, 0.1) is 135 Å². The zero-order chi connectivity index (χ0) is 91.6. The molecule has 7 aromatic carbocycles. The molecule has 0 bridgehead atoms. The maximum absolute atomic E-state index is 12.8. The third-order valence-electron chi connectivity index (χ3n) is 18.2. The summed E-state index contributed by atoms with van der Waals surface area (Å²) in [4.78, 5) is 118. The number of rotatable bonds is 25. The SMILES string of the molecule is CC(O)CS(=O)(=O)Cc1ccc(C(=O)Nc2ccc(Cl)c(-c3ccccn3)c2)c(Cl)c1.COc1ccc(NC(=O)c2ccc(C(=O)Nc3ccc(Cl)c(-c4ccccn4)c3)cn2)cn1.C[C@@H](O)CNC(=O)c1ccc(C(=O)Nc2ccc(Cl)c(-c3ccccn3)c2)c(Cl)c1.Cc1cccc(CNC(=O)c2ccc(C(=O)Nc3ccc(Cl)c(-c4ccccn4)c3)c(Cl)c2)n1. The minimum absolute atomic E-state index is 0.119. The zero-order valence-electron chi connectivity index (χ0n) is 68.2. The third kappa shape index (κ3) is 27.5. The Bertz CT molecular complexity index is 6470. The van der Waals surface area contributed by atoms with Crippen LogP contribution in [0.1, 0.15) is 103 Å². The van der Waals surface area contributed by atoms with E-state index >= 15 is 0 Å². The topological polar surface area (TPSA) is 378 Å². The summed E-state index contributed by atoms with van der Waals surface area (Å²) in [5, 5.41) is 40.3. The Balaban J connectivity index is 0.000000166. The van der Waals surface area contributed by atoms with Gasteiger partial charge in [-0.15, -0.1) is 0 Å². The largest absolute Gasteiger partial charge is 0.481 e. The maximum atomic E-state index is 12.8. The van der Waals surface area contributed by atoms with Crippen molar-refractivity contribution >= 4 is 161 Å². The Morgan fingerprint density at radius 3 is 1.15 bits per heavy atom. The van der Waals surface area contributed by atoms with Gasteiger partial charge in [-0.3, -0.25) is 63.5 Å². The first-order valence-electron chi connectivity index (χ1n) is 38.7. The molecular formula is C94H77Cl7N14O12S. The van der Waals surface area contributed by atoms with Gasteiger partial charge in [-0.2, -0.15) is 0 Å². The fourth-order valence-electron chi connectivity index (χ4n) is 12.0. The van der Waals surface area contributed by atoms with E-state index in [1.807, 2.05) is 85.8 Å². The second kappa shape index (κ2) is 45.6. The number of hydrogen-bond acceptors (Lipinski definition) is 19. The molecule has 0 radical (unpaired) electrons. The highest BCUT2D eigenvalue weighted by Gasteiger charge is 2.23. The summed E-state index contributed by atoms with van der Waals surface area (Å²) in [7, 11) is -1.99. The highest BCUT2D eigenvalue weighted by Crippen LogP contribution is 2.35. The molecule has 0 saturated carbocycles. The number of pyridine rings is 7. The van der Waals surface area contributed by atoms with E-state index in [1.165, 1.54) is 87.1 Å². The van der Waals surface area contributed by atoms with E-state index in [-0.39, 0.29) is 79.8 Å². The van der Waals surface area contributed by atoms with Crippen molar-refractivity contribution < 1.29 is 56.9 Å². The number of halogens is 7. The first kappa shape index (κ1) is 95.2. The number of hydrogen-bond donors (Lipinski definition) is 9. The smallest absolute Gasteiger partial charge is 0.274 e. The fourth-order valence-corrected chi connectivity index (χ4v) is 15.2. The van der Waals surface area contributed by atoms with Crippen molar-refractivity contribution in [2.24, 2.45) is 0 Å². The summed E-state index contributed by atoms with van der Waals surface area (Å²) < 4.78 is 29.1. The van der Waals surface area contributed by atoms with Gasteiger partial charge in [-0.1, -0.05) is 118 Å². The molecule has 0 spiro atoms. The molecule has 0 aliphatic carbocycles. The van der Waals surface area contributed by atoms with E-state index in [0.29, 0.717) is 122 Å². The molecular weight excluding hydrogens is 1800 g/mol. The highest BCUT2D eigenvalue weighted by atomic mass is 35.5. The number of amides is 7. The van der Waals surface area contributed by atoms with Crippen LogP contribution >= 0.6 is 81.2 Å². The Kier molecular flexibility index (Phi) is 34.0. The highest BCUT2D eigenvalue weighted by molar-refractivity contribution is 7.90. The van der Waals surface area contributed by atoms with E-state index in [9.17, 15) is 52.2 Å². The third-order valence-corrected chi connectivity index (χ3v) is 22.2. The minimum Gasteiger partial charge on any atom is -0.481 e. The quantitative estimate of drug-likeness (QED) is 0.0257. The van der Waals surface area contributed by atoms with Crippen molar-refractivity contribution in [1.82, 2.24) is 45.5 Å². The number of benzene rings is 7. The van der Waals surface area contributed by atoms with Crippen LogP contribution in [0.2, 0.25) is 35.2 Å². The van der Waals surface area contributed by atoms with E-state index in [0.717, 1.165) is 11.4 Å². The van der Waals surface area contributed by atoms with Gasteiger partial charge in [0.15, 0.2) is 9.84 Å². The van der Waals surface area contributed by atoms with Crippen LogP contribution < -0.4 is 42.0 Å². The van der Waals surface area contributed by atoms with Crippen LogP contribution in [0, 0.1) is 6.92 Å². The van der Waals surface area contributed by atoms with Gasteiger partial charge in [0, 0.05) is 105 Å². The van der Waals surface area contributed by atoms with Crippen molar-refractivity contribution in [3.63, 3.8) is 0 Å². The number of sulfone groups is 1. The number of ether oxygens (including phenoxy) is 1. The molecule has 26 nitrogen and oxygen atoms in total. The van der Waals surface area contributed by atoms with Crippen LogP contribution in [0.25, 0.3) is 45.0 Å². The van der Waals surface area contributed by atoms with Crippen molar-refractivity contribution in [2.45, 2.75) is 45.3 Å². The second-order valence-electron chi connectivity index (χ2n) is 28.0. The summed E-state index contributed by atoms with van der Waals surface area (Å²) in [6.45, 7) is 5.27. The van der Waals surface area contributed by atoms with Crippen molar-refractivity contribution in [3.05, 3.63) is 371 Å². The number of carbonyl (C=O) groups is 7. The molecule has 1 unspecified atom stereocenters. The van der Waals surface area contributed by atoms with Crippen LogP contribution in [0.3, 0.4) is 0 Å². The zero-order valence-corrected chi connectivity index (χ0v) is 74.3. The number of methoxy groups -OCH3 is 1. The Hall–Kier alpha value is -13.4. The standard InChI is InChI=1S/C26H20Cl2N4O2.C24H18ClN5O3.C22H19Cl2N3O3.C22H20Cl2N2O4S/c1-16-5-4-6-19(31-16)15-30-25(33)17-8-10-20(23(28)13-17)26(34)32-18-9-11-22(27)21(14-18)24-7-2-3-12-29-24;1-33-22-10-7-17(14-28-22)30-24(32)21-9-5-15(13-27-21)23(31)29-16-6-8-19(25)18(12-16)20-4-2-3-11-26-20;1-13(28)12-26-21(29)14-5-7-16(19(24)10-14)22(30)27-15-6-8-18(23)17(11-15)20-4-2-3-9-25-20;1-14(27)12-31(29,30)13-15-5-7-17(20(24)10-15)22(28)26-16-6-8-19(23)18(11-16)21-4-2-3-9-25-21/h2-14H,15H2,1H3,(H,30,33)(H,32,34);2-14H,1H3,(H,29,31)(H,30,32);2-11,13,28H,12H2,1H3,(H,26,29)(H,27,30);2-11,14,27H,12-13H2,1H3,(H,26,28)/t;;13-;/m..1./s1. The molecule has 0 saturated heterocycles. The lowest BCUT2D eigenvalue weighted by Crippen LogP contribution is -2.30. The van der Waals surface area contributed by atoms with Gasteiger partial charge in [0.1, 0.15) is 5.69 Å². The van der Waals surface area contributed by atoms with E-state index < -0.39 is 45.7 Å². The molecule has 9 N–H and O–H groups in total. The number of nitrogens with one attached hydrogen (secondary N) is 7. The van der Waals surface area contributed by atoms with Crippen LogP contribution in [-0.4, -0.2) is 126 Å². The van der Waals surface area contributed by atoms with Gasteiger partial charge in [0.2, 0.25) is 5.88 Å². The van der Waals surface area contributed by atoms with Gasteiger partial charge in [-0.25, -0.2) is 13.4 Å². The van der Waals surface area contributed by atoms with Gasteiger partial charge in [0.25, 0.3) is 41.4 Å². The monoisotopic (exact) mass is 1870 g/mol. The number of anilines is 5. The molecule has 7 heterocycles. The number of aromatic nitrogens is 7. The maximum Gasteiger partial charge on any atom is 0.274 e. The lowest BCUT2D eigenvalue weighted by atomic mass is 10.1. The van der Waals surface area contributed by atoms with E-state index in [4.69, 9.17) is 85.9 Å². The predicted octanol–water partition coefficient (Wildman–Crippen LogP) is 19.7. The lowest BCUT2D eigenvalue weighted by molar-refractivity contribution is 0.0921. The normalized spacial score (nSPS) is 11.2. The van der Waals surface area contributed by atoms with Crippen LogP contribution in [-0.2, 0) is 22.1 Å². The Morgan fingerprint density at radius 1 is 0.375 bits per heavy atom. The number of carbonyl (C=O) groups excluding carboxylic acids is 7. The molecule has 0 fully saturated rings. The Morgan fingerprint density at radius 2 is 0.781 bits per heavy atom. The van der Waals surface area contributed by atoms with Crippen LogP contribution in [0.5, 0.6) is 5.88 Å². The number of aliphatic hydroxyl groups is 2. The second-order valence-corrected chi connectivity index (χ2v) is 33.0. The average molecular weight is 1870 g/mol. The predicted molar refractivity (Wildman–Crippen MR) is 501 cm³/mol. The number of aryl methyl sites for hydroxylation is 1. The molecule has 0 aliphatic rings. The molecule has 7 aromatic heterocycles. The average Bonchev–Trinajstić information content (AvgIpc) is 0.823. The Labute approximate surface area is 770 Å². The minimum atomic E-state index is -3.50. The van der Waals surface area contributed by atoms with E-state index in [2.05, 4.69) is 72.1 Å². The molecule has 14 aromatic rings. The number of nitrogens with zero attached hydrogens (tertiary/aromatic N) is 7. The summed E-state index contributed by atoms with van der Waals surface area (Å²) in [6.07, 6.45) is 7.85. The summed E-state index contributed by atoms with van der Waals surface area (Å²) in [5.41, 5.74) is 12.0. The van der Waals surface area contributed by atoms with E-state index in [1.54, 1.807) is 135 Å². The van der Waals surface area contributed by atoms with Gasteiger partial charge >= 0.3 is 0 Å². The first-order valence-corrected chi connectivity index (χ1v) is 43.2. The molecule has 128 heavy (non-hydrogen) atoms. The van der Waals surface area contributed by atoms with Crippen LogP contribution in [0.4, 0.5) is 28.4 Å². The van der Waals surface area contributed by atoms with Gasteiger partial charge in [-0.05, 0) is 227 Å². The molecule has 650 valence electrons. The van der Waals surface area contributed by atoms with Crippen molar-refractivity contribution in [1.29, 1.82) is 0 Å². The molecule has 0 aliphatic heterocycles. The molecule has 2 atom stereocenters. The first-order chi connectivity index (χ1) is 61.4. The molecule has 7 amide bonds. The van der Waals surface area contributed by atoms with Crippen LogP contribution in [0.15, 0.2) is 280 Å². The summed E-state index contributed by atoms with van der Waals surface area (Å²) >= 11 is 44.0. The lowest BCUT2D eigenvalue weighted by Gasteiger charge is -2.11. The molecule has 34 heteroatoms. The van der Waals surface area contributed by atoms with Crippen molar-refractivity contribution in [3.8, 4) is 50.9 Å². The number of aliphatic hydroxyl groups excluding tert-OH is 2.